The van der Waals surface area contributed by atoms with Crippen molar-refractivity contribution in [2.45, 2.75) is 26.8 Å². The summed E-state index contributed by atoms with van der Waals surface area (Å²) in [6, 6.07) is 8.22. The highest BCUT2D eigenvalue weighted by Crippen LogP contribution is 2.45. The molecule has 0 radical (unpaired) electrons. The van der Waals surface area contributed by atoms with Crippen molar-refractivity contribution in [3.63, 3.8) is 0 Å². The zero-order valence-corrected chi connectivity index (χ0v) is 17.5. The van der Waals surface area contributed by atoms with Crippen LogP contribution in [0.15, 0.2) is 24.3 Å². The molecule has 2 aromatic heterocycles. The number of fused-ring (bicyclic) bond motifs is 2. The minimum absolute atomic E-state index is 0. The topological polar surface area (TPSA) is 45.2 Å². The van der Waals surface area contributed by atoms with Crippen LogP contribution < -0.4 is 5.32 Å². The number of rotatable bonds is 3. The molecule has 4 rings (SSSR count). The van der Waals surface area contributed by atoms with Crippen molar-refractivity contribution in [2.24, 2.45) is 5.92 Å². The Bertz CT molecular complexity index is 915. The molecule has 1 aliphatic heterocycles. The lowest BCUT2D eigenvalue weighted by Gasteiger charge is -2.22. The molecular weight excluding hydrogens is 386 g/mol. The van der Waals surface area contributed by atoms with Gasteiger partial charge in [0, 0.05) is 29.4 Å². The standard InChI is InChI=1S/C19H21N3OS2.ClH/c1-11(2)17(23)21-19-16(12-8-9-22(3)10-15(12)25-19)18-20-13-6-4-5-7-14(13)24-18;/h4-7,11H,8-10H2,1-3H3,(H,21,23);1H. The van der Waals surface area contributed by atoms with Gasteiger partial charge in [-0.15, -0.1) is 35.1 Å². The van der Waals surface area contributed by atoms with Crippen molar-refractivity contribution in [3.05, 3.63) is 34.7 Å². The number of para-hydroxylation sites is 1. The number of thiazole rings is 1. The van der Waals surface area contributed by atoms with Crippen molar-refractivity contribution in [1.82, 2.24) is 9.88 Å². The number of nitrogens with zero attached hydrogens (tertiary/aromatic N) is 2. The van der Waals surface area contributed by atoms with Crippen LogP contribution in [-0.2, 0) is 17.8 Å². The van der Waals surface area contributed by atoms with Gasteiger partial charge in [0.25, 0.3) is 0 Å². The third-order valence-electron chi connectivity index (χ3n) is 4.52. The number of hydrogen-bond acceptors (Lipinski definition) is 5. The molecule has 0 saturated heterocycles. The largest absolute Gasteiger partial charge is 0.317 e. The highest BCUT2D eigenvalue weighted by atomic mass is 35.5. The van der Waals surface area contributed by atoms with Gasteiger partial charge in [-0.3, -0.25) is 4.79 Å². The van der Waals surface area contributed by atoms with Crippen LogP contribution in [0.1, 0.15) is 24.3 Å². The lowest BCUT2D eigenvalue weighted by molar-refractivity contribution is -0.118. The number of halogens is 1. The highest BCUT2D eigenvalue weighted by Gasteiger charge is 2.26. The first kappa shape index (κ1) is 19.3. The predicted molar refractivity (Wildman–Crippen MR) is 114 cm³/mol. The lowest BCUT2D eigenvalue weighted by Crippen LogP contribution is -2.25. The Balaban J connectivity index is 0.00000196. The molecule has 4 nitrogen and oxygen atoms in total. The number of thiophene rings is 1. The van der Waals surface area contributed by atoms with E-state index in [0.717, 1.165) is 40.6 Å². The van der Waals surface area contributed by atoms with Crippen LogP contribution in [0.4, 0.5) is 5.00 Å². The quantitative estimate of drug-likeness (QED) is 0.662. The summed E-state index contributed by atoms with van der Waals surface area (Å²) >= 11 is 3.42. The Kier molecular flexibility index (Phi) is 5.67. The molecule has 0 atom stereocenters. The number of amides is 1. The first-order chi connectivity index (χ1) is 12.0. The molecular formula is C19H22ClN3OS2. The van der Waals surface area contributed by atoms with Gasteiger partial charge in [0.05, 0.1) is 10.2 Å². The number of aromatic nitrogens is 1. The van der Waals surface area contributed by atoms with Gasteiger partial charge in [-0.2, -0.15) is 0 Å². The van der Waals surface area contributed by atoms with Gasteiger partial charge in [0.1, 0.15) is 10.0 Å². The molecule has 26 heavy (non-hydrogen) atoms. The van der Waals surface area contributed by atoms with Crippen LogP contribution in [0.5, 0.6) is 0 Å². The van der Waals surface area contributed by atoms with E-state index in [2.05, 4.69) is 23.3 Å². The van der Waals surface area contributed by atoms with E-state index in [9.17, 15) is 4.79 Å². The fourth-order valence-corrected chi connectivity index (χ4v) is 5.52. The summed E-state index contributed by atoms with van der Waals surface area (Å²) < 4.78 is 1.19. The van der Waals surface area contributed by atoms with Gasteiger partial charge in [-0.1, -0.05) is 26.0 Å². The van der Waals surface area contributed by atoms with Gasteiger partial charge in [-0.25, -0.2) is 4.98 Å². The molecule has 0 fully saturated rings. The third-order valence-corrected chi connectivity index (χ3v) is 6.70. The summed E-state index contributed by atoms with van der Waals surface area (Å²) in [4.78, 5) is 20.8. The number of likely N-dealkylation sites (N-methyl/N-ethyl adjacent to an activating group) is 1. The molecule has 138 valence electrons. The molecule has 0 bridgehead atoms. The molecule has 1 aromatic carbocycles. The van der Waals surface area contributed by atoms with Crippen LogP contribution >= 0.6 is 35.1 Å². The van der Waals surface area contributed by atoms with Crippen molar-refractivity contribution in [3.8, 4) is 10.6 Å². The van der Waals surface area contributed by atoms with E-state index in [4.69, 9.17) is 4.98 Å². The van der Waals surface area contributed by atoms with Crippen LogP contribution in [0.25, 0.3) is 20.8 Å². The molecule has 1 aliphatic rings. The van der Waals surface area contributed by atoms with Gasteiger partial charge in [0.2, 0.25) is 5.91 Å². The van der Waals surface area contributed by atoms with Crippen LogP contribution in [-0.4, -0.2) is 29.4 Å². The van der Waals surface area contributed by atoms with Crippen LogP contribution in [0.2, 0.25) is 0 Å². The monoisotopic (exact) mass is 407 g/mol. The smallest absolute Gasteiger partial charge is 0.227 e. The number of hydrogen-bond donors (Lipinski definition) is 1. The van der Waals surface area contributed by atoms with E-state index >= 15 is 0 Å². The maximum Gasteiger partial charge on any atom is 0.227 e. The van der Waals surface area contributed by atoms with Crippen LogP contribution in [0.3, 0.4) is 0 Å². The van der Waals surface area contributed by atoms with Crippen molar-refractivity contribution in [1.29, 1.82) is 0 Å². The van der Waals surface area contributed by atoms with E-state index in [0.29, 0.717) is 0 Å². The van der Waals surface area contributed by atoms with Gasteiger partial charge in [0.15, 0.2) is 0 Å². The second-order valence-electron chi connectivity index (χ2n) is 6.83. The fraction of sp³-hybridized carbons (Fsp3) is 0.368. The fourth-order valence-electron chi connectivity index (χ4n) is 3.08. The number of carbonyl (C=O) groups excluding carboxylic acids is 1. The normalized spacial score (nSPS) is 14.3. The Morgan fingerprint density at radius 2 is 2.04 bits per heavy atom. The van der Waals surface area contributed by atoms with Gasteiger partial charge < -0.3 is 10.2 Å². The Labute approximate surface area is 167 Å². The summed E-state index contributed by atoms with van der Waals surface area (Å²) in [5.41, 5.74) is 3.53. The summed E-state index contributed by atoms with van der Waals surface area (Å²) in [5.74, 6) is 0.0272. The second kappa shape index (κ2) is 7.64. The number of nitrogens with one attached hydrogen (secondary N) is 1. The van der Waals surface area contributed by atoms with Gasteiger partial charge >= 0.3 is 0 Å². The molecule has 7 heteroatoms. The van der Waals surface area contributed by atoms with Crippen LogP contribution in [0, 0.1) is 5.92 Å². The summed E-state index contributed by atoms with van der Waals surface area (Å²) in [5, 5.41) is 5.13. The zero-order chi connectivity index (χ0) is 17.6. The molecule has 1 N–H and O–H groups in total. The zero-order valence-electron chi connectivity index (χ0n) is 15.0. The minimum atomic E-state index is -0.0370. The lowest BCUT2D eigenvalue weighted by atomic mass is 10.0. The number of carbonyl (C=O) groups is 1. The average molecular weight is 408 g/mol. The van der Waals surface area contributed by atoms with E-state index in [1.807, 2.05) is 32.0 Å². The predicted octanol–water partition coefficient (Wildman–Crippen LogP) is 5.03. The Morgan fingerprint density at radius 3 is 2.77 bits per heavy atom. The highest BCUT2D eigenvalue weighted by molar-refractivity contribution is 7.22. The van der Waals surface area contributed by atoms with Gasteiger partial charge in [-0.05, 0) is 31.2 Å². The van der Waals surface area contributed by atoms with Crippen molar-refractivity contribution in [2.75, 3.05) is 18.9 Å². The molecule has 0 unspecified atom stereocenters. The second-order valence-corrected chi connectivity index (χ2v) is 8.96. The van der Waals surface area contributed by atoms with Crippen molar-refractivity contribution >= 4 is 56.2 Å². The average Bonchev–Trinajstić information content (AvgIpc) is 3.14. The summed E-state index contributed by atoms with van der Waals surface area (Å²) in [6.45, 7) is 5.83. The maximum absolute atomic E-state index is 12.3. The summed E-state index contributed by atoms with van der Waals surface area (Å²) in [7, 11) is 2.15. The molecule has 0 saturated carbocycles. The third kappa shape index (κ3) is 3.51. The molecule has 3 heterocycles. The SMILES string of the molecule is CC(C)C(=O)Nc1sc2c(c1-c1nc3ccccc3s1)CCN(C)C2.Cl. The molecule has 1 amide bonds. The summed E-state index contributed by atoms with van der Waals surface area (Å²) in [6.07, 6.45) is 1.01. The van der Waals surface area contributed by atoms with Crippen molar-refractivity contribution < 1.29 is 4.79 Å². The molecule has 0 aliphatic carbocycles. The number of benzene rings is 1. The van der Waals surface area contributed by atoms with E-state index in [1.54, 1.807) is 22.7 Å². The van der Waals surface area contributed by atoms with E-state index in [-0.39, 0.29) is 24.2 Å². The number of anilines is 1. The maximum atomic E-state index is 12.3. The first-order valence-corrected chi connectivity index (χ1v) is 10.2. The minimum Gasteiger partial charge on any atom is -0.317 e. The molecule has 3 aromatic rings. The Hall–Kier alpha value is -1.47. The Morgan fingerprint density at radius 1 is 1.27 bits per heavy atom. The van der Waals surface area contributed by atoms with E-state index in [1.165, 1.54) is 15.1 Å². The molecule has 0 spiro atoms. The van der Waals surface area contributed by atoms with E-state index < -0.39 is 0 Å². The first-order valence-electron chi connectivity index (χ1n) is 8.53.